The molecular formula is C12H13ClF2N2S. The maximum atomic E-state index is 13.6. The molecule has 1 aliphatic heterocycles. The molecule has 1 aliphatic rings. The van der Waals surface area contributed by atoms with Crippen LogP contribution < -0.4 is 10.6 Å². The molecule has 1 aromatic carbocycles. The molecule has 2 unspecified atom stereocenters. The summed E-state index contributed by atoms with van der Waals surface area (Å²) in [5.74, 6) is -0.447. The molecule has 0 aliphatic carbocycles. The van der Waals surface area contributed by atoms with Crippen molar-refractivity contribution in [1.82, 2.24) is 10.6 Å². The molecule has 98 valence electrons. The number of benzene rings is 1. The highest BCUT2D eigenvalue weighted by atomic mass is 35.5. The van der Waals surface area contributed by atoms with Crippen molar-refractivity contribution in [2.75, 3.05) is 6.54 Å². The van der Waals surface area contributed by atoms with Gasteiger partial charge in [-0.3, -0.25) is 0 Å². The van der Waals surface area contributed by atoms with Crippen molar-refractivity contribution in [1.29, 1.82) is 0 Å². The lowest BCUT2D eigenvalue weighted by Crippen LogP contribution is -2.38. The second kappa shape index (κ2) is 5.91. The van der Waals surface area contributed by atoms with Gasteiger partial charge in [0.15, 0.2) is 0 Å². The fourth-order valence-electron chi connectivity index (χ4n) is 1.88. The lowest BCUT2D eigenvalue weighted by Gasteiger charge is -2.14. The van der Waals surface area contributed by atoms with Gasteiger partial charge < -0.3 is 10.6 Å². The van der Waals surface area contributed by atoms with Gasteiger partial charge in [0.25, 0.3) is 0 Å². The molecule has 0 spiro atoms. The van der Waals surface area contributed by atoms with Crippen molar-refractivity contribution in [3.63, 3.8) is 0 Å². The molecule has 0 bridgehead atoms. The average molecular weight is 291 g/mol. The van der Waals surface area contributed by atoms with Crippen LogP contribution in [0.15, 0.2) is 18.2 Å². The van der Waals surface area contributed by atoms with E-state index >= 15 is 0 Å². The number of rotatable bonds is 3. The largest absolute Gasteiger partial charge is 0.374 e. The summed E-state index contributed by atoms with van der Waals surface area (Å²) in [4.78, 5) is 0.509. The molecular weight excluding hydrogens is 278 g/mol. The molecule has 1 heterocycles. The van der Waals surface area contributed by atoms with Gasteiger partial charge in [0.05, 0.1) is 16.1 Å². The van der Waals surface area contributed by atoms with Crippen LogP contribution in [0.1, 0.15) is 12.0 Å². The van der Waals surface area contributed by atoms with E-state index < -0.39 is 12.0 Å². The molecule has 2 nitrogen and oxygen atoms in total. The Hall–Kier alpha value is -0.780. The van der Waals surface area contributed by atoms with Crippen LogP contribution in [-0.2, 0) is 6.54 Å². The van der Waals surface area contributed by atoms with E-state index in [0.717, 1.165) is 0 Å². The van der Waals surface area contributed by atoms with E-state index in [9.17, 15) is 8.78 Å². The first-order valence-electron chi connectivity index (χ1n) is 5.66. The smallest absolute Gasteiger partial charge is 0.146 e. The number of alkyl halides is 1. The molecule has 1 aromatic rings. The number of hydrogen-bond acceptors (Lipinski definition) is 2. The third kappa shape index (κ3) is 3.16. The maximum absolute atomic E-state index is 13.6. The SMILES string of the molecule is Fc1c(Cl)cccc1CNC(=S)C1CC(F)CN1. The molecule has 2 rings (SSSR count). The van der Waals surface area contributed by atoms with Crippen molar-refractivity contribution < 1.29 is 8.78 Å². The van der Waals surface area contributed by atoms with Crippen molar-refractivity contribution in [2.45, 2.75) is 25.2 Å². The highest BCUT2D eigenvalue weighted by molar-refractivity contribution is 7.80. The number of hydrogen-bond donors (Lipinski definition) is 2. The number of nitrogens with one attached hydrogen (secondary N) is 2. The maximum Gasteiger partial charge on any atom is 0.146 e. The first-order chi connectivity index (χ1) is 8.58. The lowest BCUT2D eigenvalue weighted by atomic mass is 10.2. The lowest BCUT2D eigenvalue weighted by molar-refractivity contribution is 0.359. The van der Waals surface area contributed by atoms with Crippen molar-refractivity contribution in [3.8, 4) is 0 Å². The van der Waals surface area contributed by atoms with E-state index in [1.807, 2.05) is 0 Å². The summed E-state index contributed by atoms with van der Waals surface area (Å²) in [7, 11) is 0. The Morgan fingerprint density at radius 2 is 2.33 bits per heavy atom. The van der Waals surface area contributed by atoms with Crippen LogP contribution in [0.5, 0.6) is 0 Å². The first kappa shape index (κ1) is 13.6. The third-order valence-electron chi connectivity index (χ3n) is 2.88. The van der Waals surface area contributed by atoms with Crippen LogP contribution in [0.2, 0.25) is 5.02 Å². The topological polar surface area (TPSA) is 24.1 Å². The van der Waals surface area contributed by atoms with Crippen LogP contribution in [0.3, 0.4) is 0 Å². The molecule has 1 fully saturated rings. The highest BCUT2D eigenvalue weighted by Gasteiger charge is 2.26. The minimum absolute atomic E-state index is 0.0861. The normalized spacial score (nSPS) is 23.1. The van der Waals surface area contributed by atoms with Crippen LogP contribution in [-0.4, -0.2) is 23.7 Å². The van der Waals surface area contributed by atoms with Gasteiger partial charge >= 0.3 is 0 Å². The molecule has 0 saturated carbocycles. The zero-order chi connectivity index (χ0) is 13.1. The van der Waals surface area contributed by atoms with Gasteiger partial charge in [-0.1, -0.05) is 36.0 Å². The minimum atomic E-state index is -0.863. The van der Waals surface area contributed by atoms with Gasteiger partial charge in [-0.05, 0) is 6.07 Å². The van der Waals surface area contributed by atoms with Gasteiger partial charge in [-0.2, -0.15) is 0 Å². The Kier molecular flexibility index (Phi) is 4.48. The van der Waals surface area contributed by atoms with Gasteiger partial charge in [0.1, 0.15) is 12.0 Å². The zero-order valence-corrected chi connectivity index (χ0v) is 11.1. The summed E-state index contributed by atoms with van der Waals surface area (Å²) in [5, 5.41) is 5.99. The van der Waals surface area contributed by atoms with Gasteiger partial charge in [-0.15, -0.1) is 0 Å². The van der Waals surface area contributed by atoms with E-state index in [2.05, 4.69) is 10.6 Å². The fourth-order valence-corrected chi connectivity index (χ4v) is 2.33. The van der Waals surface area contributed by atoms with Crippen molar-refractivity contribution in [3.05, 3.63) is 34.6 Å². The Morgan fingerprint density at radius 3 is 3.00 bits per heavy atom. The predicted molar refractivity (Wildman–Crippen MR) is 72.2 cm³/mol. The average Bonchev–Trinajstić information content (AvgIpc) is 2.77. The molecule has 18 heavy (non-hydrogen) atoms. The first-order valence-corrected chi connectivity index (χ1v) is 6.44. The Balaban J connectivity index is 1.91. The fraction of sp³-hybridized carbons (Fsp3) is 0.417. The van der Waals surface area contributed by atoms with Gasteiger partial charge in [-0.25, -0.2) is 8.78 Å². The van der Waals surface area contributed by atoms with Crippen molar-refractivity contribution in [2.24, 2.45) is 0 Å². The van der Waals surface area contributed by atoms with Crippen LogP contribution in [0.4, 0.5) is 8.78 Å². The second-order valence-electron chi connectivity index (χ2n) is 4.22. The van der Waals surface area contributed by atoms with Crippen molar-refractivity contribution >= 4 is 28.8 Å². The molecule has 0 radical (unpaired) electrons. The van der Waals surface area contributed by atoms with Crippen LogP contribution in [0.25, 0.3) is 0 Å². The standard InChI is InChI=1S/C12H13ClF2N2S/c13-9-3-1-2-7(11(9)15)5-17-12(18)10-4-8(14)6-16-10/h1-3,8,10,16H,4-6H2,(H,17,18). The molecule has 6 heteroatoms. The zero-order valence-electron chi connectivity index (χ0n) is 9.55. The Morgan fingerprint density at radius 1 is 1.56 bits per heavy atom. The quantitative estimate of drug-likeness (QED) is 0.837. The van der Waals surface area contributed by atoms with E-state index in [1.54, 1.807) is 12.1 Å². The molecule has 0 amide bonds. The van der Waals surface area contributed by atoms with Gasteiger partial charge in [0, 0.05) is 25.1 Å². The summed E-state index contributed by atoms with van der Waals surface area (Å²) in [5.41, 5.74) is 0.444. The molecule has 2 atom stereocenters. The van der Waals surface area contributed by atoms with E-state index in [0.29, 0.717) is 23.5 Å². The number of halogens is 3. The van der Waals surface area contributed by atoms with E-state index in [1.165, 1.54) is 6.07 Å². The van der Waals surface area contributed by atoms with Crippen LogP contribution >= 0.6 is 23.8 Å². The summed E-state index contributed by atoms with van der Waals surface area (Å²) in [6.07, 6.45) is -0.498. The second-order valence-corrected chi connectivity index (χ2v) is 5.07. The third-order valence-corrected chi connectivity index (χ3v) is 3.60. The highest BCUT2D eigenvalue weighted by Crippen LogP contribution is 2.18. The monoisotopic (exact) mass is 290 g/mol. The Labute approximate surface area is 115 Å². The number of thiocarbonyl (C=S) groups is 1. The molecule has 0 aromatic heterocycles. The molecule has 2 N–H and O–H groups in total. The Bertz CT molecular complexity index is 456. The summed E-state index contributed by atoms with van der Waals surface area (Å²) in [6, 6.07) is 4.64. The van der Waals surface area contributed by atoms with Crippen LogP contribution in [0, 0.1) is 5.82 Å². The van der Waals surface area contributed by atoms with E-state index in [-0.39, 0.29) is 17.6 Å². The summed E-state index contributed by atoms with van der Waals surface area (Å²) < 4.78 is 26.6. The summed E-state index contributed by atoms with van der Waals surface area (Å²) >= 11 is 10.8. The van der Waals surface area contributed by atoms with Gasteiger partial charge in [0.2, 0.25) is 0 Å². The van der Waals surface area contributed by atoms with E-state index in [4.69, 9.17) is 23.8 Å². The summed E-state index contributed by atoms with van der Waals surface area (Å²) in [6.45, 7) is 0.568. The predicted octanol–water partition coefficient (Wildman–Crippen LogP) is 2.60. The minimum Gasteiger partial charge on any atom is -0.374 e. The molecule has 1 saturated heterocycles.